The van der Waals surface area contributed by atoms with E-state index in [1.54, 1.807) is 11.8 Å². The fourth-order valence-electron chi connectivity index (χ4n) is 1.47. The van der Waals surface area contributed by atoms with E-state index in [0.717, 1.165) is 6.29 Å². The van der Waals surface area contributed by atoms with Crippen LogP contribution in [0.5, 0.6) is 0 Å². The van der Waals surface area contributed by atoms with E-state index < -0.39 is 0 Å². The first-order chi connectivity index (χ1) is 4.40. The Morgan fingerprint density at radius 3 is 2.78 bits per heavy atom. The molecular weight excluding hydrogens is 132 g/mol. The van der Waals surface area contributed by atoms with Gasteiger partial charge in [0.15, 0.2) is 0 Å². The van der Waals surface area contributed by atoms with Crippen molar-refractivity contribution in [2.45, 2.75) is 16.9 Å². The van der Waals surface area contributed by atoms with Gasteiger partial charge in [0.25, 0.3) is 0 Å². The molecule has 1 heterocycles. The molecule has 0 radical (unpaired) electrons. The van der Waals surface area contributed by atoms with Crippen LogP contribution < -0.4 is 0 Å². The lowest BCUT2D eigenvalue weighted by molar-refractivity contribution is -0.107. The second kappa shape index (κ2) is 1.87. The number of rotatable bonds is 1. The van der Waals surface area contributed by atoms with E-state index in [-0.39, 0.29) is 5.25 Å². The van der Waals surface area contributed by atoms with Gasteiger partial charge >= 0.3 is 0 Å². The van der Waals surface area contributed by atoms with Gasteiger partial charge < -0.3 is 4.79 Å². The number of allylic oxidation sites excluding steroid dienone is 1. The first-order valence-corrected chi connectivity index (χ1v) is 4.13. The maximum absolute atomic E-state index is 10.3. The summed E-state index contributed by atoms with van der Waals surface area (Å²) < 4.78 is 0. The highest BCUT2D eigenvalue weighted by atomic mass is 32.2. The smallest absolute Gasteiger partial charge is 0.133 e. The van der Waals surface area contributed by atoms with Gasteiger partial charge in [0.1, 0.15) is 6.29 Å². The van der Waals surface area contributed by atoms with Gasteiger partial charge in [0, 0.05) is 5.25 Å². The molecule has 0 aromatic rings. The maximum Gasteiger partial charge on any atom is 0.133 e. The number of fused-ring (bicyclic) bond motifs is 2. The highest BCUT2D eigenvalue weighted by molar-refractivity contribution is 8.01. The number of hydrogen-bond donors (Lipinski definition) is 0. The minimum absolute atomic E-state index is 0.278. The van der Waals surface area contributed by atoms with Crippen molar-refractivity contribution < 1.29 is 4.79 Å². The van der Waals surface area contributed by atoms with Crippen LogP contribution in [0.15, 0.2) is 12.2 Å². The summed E-state index contributed by atoms with van der Waals surface area (Å²) in [5.41, 5.74) is 0. The molecule has 0 spiro atoms. The van der Waals surface area contributed by atoms with Crippen molar-refractivity contribution in [3.63, 3.8) is 0 Å². The highest BCUT2D eigenvalue weighted by Crippen LogP contribution is 2.43. The maximum atomic E-state index is 10.3. The van der Waals surface area contributed by atoms with Crippen molar-refractivity contribution in [2.24, 2.45) is 5.92 Å². The molecule has 1 fully saturated rings. The van der Waals surface area contributed by atoms with E-state index in [2.05, 4.69) is 12.2 Å². The van der Waals surface area contributed by atoms with Crippen molar-refractivity contribution in [3.8, 4) is 0 Å². The molecule has 2 bridgehead atoms. The van der Waals surface area contributed by atoms with Crippen LogP contribution in [0, 0.1) is 5.92 Å². The van der Waals surface area contributed by atoms with Gasteiger partial charge in [-0.25, -0.2) is 0 Å². The van der Waals surface area contributed by atoms with Crippen molar-refractivity contribution in [2.75, 3.05) is 0 Å². The summed E-state index contributed by atoms with van der Waals surface area (Å²) in [5, 5.41) is 0.935. The van der Waals surface area contributed by atoms with E-state index in [1.165, 1.54) is 6.42 Å². The van der Waals surface area contributed by atoms with Gasteiger partial charge in [-0.1, -0.05) is 12.2 Å². The van der Waals surface area contributed by atoms with E-state index in [4.69, 9.17) is 0 Å². The zero-order chi connectivity index (χ0) is 6.27. The minimum Gasteiger partial charge on any atom is -0.302 e. The van der Waals surface area contributed by atoms with E-state index in [9.17, 15) is 4.79 Å². The van der Waals surface area contributed by atoms with Crippen LogP contribution >= 0.6 is 11.8 Å². The molecular formula is C7H8OS. The summed E-state index contributed by atoms with van der Waals surface area (Å²) in [5.74, 6) is 0.567. The second-order valence-corrected chi connectivity index (χ2v) is 3.98. The summed E-state index contributed by atoms with van der Waals surface area (Å²) in [7, 11) is 0. The molecule has 0 amide bonds. The summed E-state index contributed by atoms with van der Waals surface area (Å²) in [6.45, 7) is 0. The van der Waals surface area contributed by atoms with Crippen LogP contribution in [-0.2, 0) is 4.79 Å². The van der Waals surface area contributed by atoms with Crippen molar-refractivity contribution in [1.29, 1.82) is 0 Å². The SMILES string of the molecule is O=C[C@@H]1S[C@H]2C=C[C@H]1C2. The number of carbonyl (C=O) groups excluding carboxylic acids is 1. The van der Waals surface area contributed by atoms with Crippen LogP contribution in [0.1, 0.15) is 6.42 Å². The molecule has 48 valence electrons. The normalized spacial score (nSPS) is 46.0. The molecule has 0 unspecified atom stereocenters. The highest BCUT2D eigenvalue weighted by Gasteiger charge is 2.35. The molecule has 1 saturated heterocycles. The monoisotopic (exact) mass is 140 g/mol. The lowest BCUT2D eigenvalue weighted by atomic mass is 10.1. The third-order valence-corrected chi connectivity index (χ3v) is 3.44. The summed E-state index contributed by atoms with van der Waals surface area (Å²) in [6.07, 6.45) is 6.68. The quantitative estimate of drug-likeness (QED) is 0.402. The van der Waals surface area contributed by atoms with Crippen LogP contribution in [-0.4, -0.2) is 16.8 Å². The fraction of sp³-hybridized carbons (Fsp3) is 0.571. The number of hydrogen-bond acceptors (Lipinski definition) is 2. The van der Waals surface area contributed by atoms with Gasteiger partial charge in [-0.15, -0.1) is 11.8 Å². The molecule has 0 aromatic carbocycles. The molecule has 1 aliphatic heterocycles. The van der Waals surface area contributed by atoms with Crippen LogP contribution in [0.4, 0.5) is 0 Å². The topological polar surface area (TPSA) is 17.1 Å². The van der Waals surface area contributed by atoms with Crippen molar-refractivity contribution in [3.05, 3.63) is 12.2 Å². The average Bonchev–Trinajstić information content (AvgIpc) is 2.45. The van der Waals surface area contributed by atoms with Gasteiger partial charge in [-0.2, -0.15) is 0 Å². The minimum atomic E-state index is 0.278. The molecule has 9 heavy (non-hydrogen) atoms. The van der Waals surface area contributed by atoms with E-state index >= 15 is 0 Å². The molecule has 3 atom stereocenters. The van der Waals surface area contributed by atoms with Crippen LogP contribution in [0.25, 0.3) is 0 Å². The first kappa shape index (κ1) is 5.54. The Bertz CT molecular complexity index is 164. The first-order valence-electron chi connectivity index (χ1n) is 3.19. The Kier molecular flexibility index (Phi) is 1.15. The number of carbonyl (C=O) groups is 1. The predicted molar refractivity (Wildman–Crippen MR) is 38.5 cm³/mol. The Hall–Kier alpha value is -0.240. The van der Waals surface area contributed by atoms with Crippen LogP contribution in [0.2, 0.25) is 0 Å². The zero-order valence-electron chi connectivity index (χ0n) is 4.99. The van der Waals surface area contributed by atoms with Crippen LogP contribution in [0.3, 0.4) is 0 Å². The summed E-state index contributed by atoms with van der Waals surface area (Å²) >= 11 is 1.81. The molecule has 0 N–H and O–H groups in total. The van der Waals surface area contributed by atoms with E-state index in [0.29, 0.717) is 11.2 Å². The third kappa shape index (κ3) is 0.732. The zero-order valence-corrected chi connectivity index (χ0v) is 5.80. The van der Waals surface area contributed by atoms with Crippen molar-refractivity contribution >= 4 is 18.0 Å². The van der Waals surface area contributed by atoms with Gasteiger partial charge in [-0.3, -0.25) is 0 Å². The second-order valence-electron chi connectivity index (χ2n) is 2.56. The van der Waals surface area contributed by atoms with Crippen molar-refractivity contribution in [1.82, 2.24) is 0 Å². The summed E-state index contributed by atoms with van der Waals surface area (Å²) in [6, 6.07) is 0. The Morgan fingerprint density at radius 1 is 1.56 bits per heavy atom. The number of thioether (sulfide) groups is 1. The van der Waals surface area contributed by atoms with Gasteiger partial charge in [-0.05, 0) is 12.3 Å². The largest absolute Gasteiger partial charge is 0.302 e. The Morgan fingerprint density at radius 2 is 2.44 bits per heavy atom. The lowest BCUT2D eigenvalue weighted by Crippen LogP contribution is -2.10. The van der Waals surface area contributed by atoms with Gasteiger partial charge in [0.05, 0.1) is 5.25 Å². The number of aldehydes is 1. The predicted octanol–water partition coefficient (Wildman–Crippen LogP) is 1.25. The lowest BCUT2D eigenvalue weighted by Gasteiger charge is -2.08. The molecule has 0 aromatic heterocycles. The van der Waals surface area contributed by atoms with Gasteiger partial charge in [0.2, 0.25) is 0 Å². The molecule has 1 aliphatic carbocycles. The standard InChI is InChI=1S/C7H8OS/c8-4-7-5-1-2-6(3-5)9-7/h1-2,4-7H,3H2/t5-,6-,7-/m0/s1. The van der Waals surface area contributed by atoms with E-state index in [1.807, 2.05) is 0 Å². The molecule has 2 heteroatoms. The average molecular weight is 140 g/mol. The molecule has 0 saturated carbocycles. The summed E-state index contributed by atoms with van der Waals surface area (Å²) in [4.78, 5) is 10.3. The Balaban J connectivity index is 2.19. The Labute approximate surface area is 58.5 Å². The molecule has 2 aliphatic rings. The third-order valence-electron chi connectivity index (χ3n) is 1.97. The fourth-order valence-corrected chi connectivity index (χ4v) is 2.86. The molecule has 2 rings (SSSR count). The molecule has 1 nitrogen and oxygen atoms in total.